The molecule has 1 fully saturated rings. The topological polar surface area (TPSA) is 111 Å². The van der Waals surface area contributed by atoms with Crippen LogP contribution in [0.25, 0.3) is 22.6 Å². The van der Waals surface area contributed by atoms with E-state index in [9.17, 15) is 4.79 Å². The van der Waals surface area contributed by atoms with Gasteiger partial charge < -0.3 is 5.32 Å². The molecule has 4 heterocycles. The Hall–Kier alpha value is -3.40. The van der Waals surface area contributed by atoms with Crippen LogP contribution in [-0.2, 0) is 6.54 Å². The first-order valence-corrected chi connectivity index (χ1v) is 12.5. The van der Waals surface area contributed by atoms with Crippen LogP contribution < -0.4 is 10.9 Å². The van der Waals surface area contributed by atoms with Crippen molar-refractivity contribution in [1.29, 1.82) is 0 Å². The van der Waals surface area contributed by atoms with Crippen LogP contribution in [0.4, 0.5) is 5.82 Å². The molecule has 1 saturated carbocycles. The van der Waals surface area contributed by atoms with E-state index in [2.05, 4.69) is 30.2 Å². The molecule has 174 valence electrons. The summed E-state index contributed by atoms with van der Waals surface area (Å²) in [6, 6.07) is 3.84. The van der Waals surface area contributed by atoms with Crippen LogP contribution >= 0.6 is 11.8 Å². The van der Waals surface area contributed by atoms with E-state index in [0.29, 0.717) is 29.5 Å². The zero-order valence-electron chi connectivity index (χ0n) is 19.6. The van der Waals surface area contributed by atoms with E-state index < -0.39 is 0 Å². The minimum atomic E-state index is -0.226. The predicted octanol–water partition coefficient (Wildman–Crippen LogP) is 4.14. The van der Waals surface area contributed by atoms with Crippen molar-refractivity contribution in [2.45, 2.75) is 57.0 Å². The van der Waals surface area contributed by atoms with Crippen LogP contribution in [0.5, 0.6) is 0 Å². The van der Waals surface area contributed by atoms with Crippen molar-refractivity contribution >= 4 is 28.7 Å². The molecule has 0 spiro atoms. The lowest BCUT2D eigenvalue weighted by atomic mass is 10.1. The quantitative estimate of drug-likeness (QED) is 0.395. The number of aromatic nitrogens is 7. The van der Waals surface area contributed by atoms with Gasteiger partial charge in [-0.15, -0.1) is 11.8 Å². The van der Waals surface area contributed by atoms with Gasteiger partial charge in [0.1, 0.15) is 11.8 Å². The van der Waals surface area contributed by atoms with E-state index in [-0.39, 0.29) is 17.4 Å². The molecule has 0 bridgehead atoms. The molecule has 9 nitrogen and oxygen atoms in total. The van der Waals surface area contributed by atoms with Gasteiger partial charge in [-0.1, -0.05) is 0 Å². The van der Waals surface area contributed by atoms with Gasteiger partial charge in [-0.05, 0) is 52.0 Å². The molecule has 5 rings (SSSR count). The Kier molecular flexibility index (Phi) is 5.99. The normalized spacial score (nSPS) is 13.6. The minimum Gasteiger partial charge on any atom is -0.360 e. The number of aryl methyl sites for hydroxylation is 1. The second-order valence-corrected chi connectivity index (χ2v) is 9.55. The van der Waals surface area contributed by atoms with Gasteiger partial charge in [0.25, 0.3) is 5.56 Å². The SMILES string of the molecule is CSc1ccc(CNc2nc3cnc(-c4c(C)ncnc4C4CC4)nc3n(C(C)C)c2=O)nc1. The van der Waals surface area contributed by atoms with Gasteiger partial charge >= 0.3 is 0 Å². The Balaban J connectivity index is 1.56. The van der Waals surface area contributed by atoms with E-state index in [4.69, 9.17) is 4.98 Å². The molecule has 34 heavy (non-hydrogen) atoms. The highest BCUT2D eigenvalue weighted by Gasteiger charge is 2.30. The first-order valence-electron chi connectivity index (χ1n) is 11.3. The van der Waals surface area contributed by atoms with E-state index in [0.717, 1.165) is 40.4 Å². The standard InChI is InChI=1S/C24H26N8OS/c1-13(2)32-23-18(30-22(24(32)33)26-9-16-7-8-17(34-4)10-25-16)11-27-21(31-23)19-14(3)28-12-29-20(19)15-5-6-15/h7-8,10-13,15H,5-6,9H2,1-4H3,(H,26,30). The van der Waals surface area contributed by atoms with Crippen molar-refractivity contribution in [2.24, 2.45) is 0 Å². The predicted molar refractivity (Wildman–Crippen MR) is 133 cm³/mol. The molecule has 1 aliphatic rings. The smallest absolute Gasteiger partial charge is 0.295 e. The molecule has 0 amide bonds. The lowest BCUT2D eigenvalue weighted by molar-refractivity contribution is 0.593. The Morgan fingerprint density at radius 3 is 2.62 bits per heavy atom. The number of anilines is 1. The molecule has 0 atom stereocenters. The van der Waals surface area contributed by atoms with Gasteiger partial charge in [-0.2, -0.15) is 0 Å². The average Bonchev–Trinajstić information content (AvgIpc) is 3.68. The molecule has 4 aromatic heterocycles. The number of nitrogens with one attached hydrogen (secondary N) is 1. The maximum absolute atomic E-state index is 13.4. The number of fused-ring (bicyclic) bond motifs is 1. The molecule has 0 aromatic carbocycles. The van der Waals surface area contributed by atoms with Crippen molar-refractivity contribution in [3.63, 3.8) is 0 Å². The molecule has 0 aliphatic heterocycles. The second-order valence-electron chi connectivity index (χ2n) is 8.67. The van der Waals surface area contributed by atoms with Gasteiger partial charge in [0.05, 0.1) is 35.4 Å². The number of pyridine rings is 1. The molecule has 1 aliphatic carbocycles. The van der Waals surface area contributed by atoms with Crippen LogP contribution in [0.2, 0.25) is 0 Å². The largest absolute Gasteiger partial charge is 0.360 e. The lowest BCUT2D eigenvalue weighted by Crippen LogP contribution is -2.27. The van der Waals surface area contributed by atoms with Crippen LogP contribution in [0.1, 0.15) is 55.7 Å². The highest BCUT2D eigenvalue weighted by molar-refractivity contribution is 7.98. The van der Waals surface area contributed by atoms with Gasteiger partial charge in [0.15, 0.2) is 17.3 Å². The first-order chi connectivity index (χ1) is 16.5. The summed E-state index contributed by atoms with van der Waals surface area (Å²) in [5.74, 6) is 1.21. The Morgan fingerprint density at radius 1 is 1.12 bits per heavy atom. The second kappa shape index (κ2) is 9.09. The summed E-state index contributed by atoms with van der Waals surface area (Å²) < 4.78 is 1.66. The van der Waals surface area contributed by atoms with E-state index in [1.807, 2.05) is 45.4 Å². The number of rotatable bonds is 7. The van der Waals surface area contributed by atoms with Crippen molar-refractivity contribution in [1.82, 2.24) is 34.5 Å². The van der Waals surface area contributed by atoms with Crippen LogP contribution in [0.3, 0.4) is 0 Å². The maximum atomic E-state index is 13.4. The summed E-state index contributed by atoms with van der Waals surface area (Å²) in [7, 11) is 0. The Labute approximate surface area is 201 Å². The van der Waals surface area contributed by atoms with Crippen LogP contribution in [0.15, 0.2) is 40.5 Å². The van der Waals surface area contributed by atoms with Crippen LogP contribution in [-0.4, -0.2) is 40.7 Å². The fraction of sp³-hybridized carbons (Fsp3) is 0.375. The molecule has 0 saturated heterocycles. The number of hydrogen-bond donors (Lipinski definition) is 1. The highest BCUT2D eigenvalue weighted by atomic mass is 32.2. The molecule has 10 heteroatoms. The average molecular weight is 475 g/mol. The Bertz CT molecular complexity index is 1410. The van der Waals surface area contributed by atoms with Crippen molar-refractivity contribution < 1.29 is 0 Å². The van der Waals surface area contributed by atoms with Crippen molar-refractivity contribution in [2.75, 3.05) is 11.6 Å². The van der Waals surface area contributed by atoms with Gasteiger partial charge in [0, 0.05) is 23.1 Å². The lowest BCUT2D eigenvalue weighted by Gasteiger charge is -2.16. The molecular weight excluding hydrogens is 448 g/mol. The summed E-state index contributed by atoms with van der Waals surface area (Å²) in [5, 5.41) is 3.15. The molecule has 1 N–H and O–H groups in total. The summed E-state index contributed by atoms with van der Waals surface area (Å²) >= 11 is 1.64. The van der Waals surface area contributed by atoms with E-state index >= 15 is 0 Å². The monoisotopic (exact) mass is 474 g/mol. The minimum absolute atomic E-state index is 0.115. The third-order valence-corrected chi connectivity index (χ3v) is 6.59. The summed E-state index contributed by atoms with van der Waals surface area (Å²) in [6.07, 6.45) is 9.33. The third kappa shape index (κ3) is 4.25. The van der Waals surface area contributed by atoms with Crippen molar-refractivity contribution in [3.05, 3.63) is 58.3 Å². The third-order valence-electron chi connectivity index (χ3n) is 5.87. The highest BCUT2D eigenvalue weighted by Crippen LogP contribution is 2.43. The first kappa shape index (κ1) is 22.4. The summed E-state index contributed by atoms with van der Waals surface area (Å²) in [4.78, 5) is 41.8. The van der Waals surface area contributed by atoms with E-state index in [1.54, 1.807) is 28.9 Å². The van der Waals surface area contributed by atoms with Gasteiger partial charge in [0.2, 0.25) is 0 Å². The fourth-order valence-electron chi connectivity index (χ4n) is 3.96. The van der Waals surface area contributed by atoms with Gasteiger partial charge in [-0.25, -0.2) is 24.9 Å². The van der Waals surface area contributed by atoms with Crippen LogP contribution in [0, 0.1) is 6.92 Å². The zero-order valence-corrected chi connectivity index (χ0v) is 20.4. The molecule has 0 unspecified atom stereocenters. The number of thioether (sulfide) groups is 1. The molecule has 4 aromatic rings. The maximum Gasteiger partial charge on any atom is 0.295 e. The Morgan fingerprint density at radius 2 is 1.94 bits per heavy atom. The fourth-order valence-corrected chi connectivity index (χ4v) is 4.32. The summed E-state index contributed by atoms with van der Waals surface area (Å²) in [6.45, 7) is 6.25. The zero-order chi connectivity index (χ0) is 23.8. The summed E-state index contributed by atoms with van der Waals surface area (Å²) in [5.41, 5.74) is 4.33. The van der Waals surface area contributed by atoms with Crippen molar-refractivity contribution in [3.8, 4) is 11.4 Å². The van der Waals surface area contributed by atoms with E-state index in [1.165, 1.54) is 0 Å². The molecule has 0 radical (unpaired) electrons. The molecular formula is C24H26N8OS. The number of nitrogens with zero attached hydrogens (tertiary/aromatic N) is 7. The van der Waals surface area contributed by atoms with Gasteiger partial charge in [-0.3, -0.25) is 14.3 Å². The number of hydrogen-bond acceptors (Lipinski definition) is 9.